The van der Waals surface area contributed by atoms with Gasteiger partial charge in [-0.1, -0.05) is 0 Å². The molecular weight excluding hydrogens is 220 g/mol. The van der Waals surface area contributed by atoms with E-state index in [-0.39, 0.29) is 16.2 Å². The van der Waals surface area contributed by atoms with Crippen molar-refractivity contribution in [2.75, 3.05) is 18.8 Å². The molecule has 0 bridgehead atoms. The highest BCUT2D eigenvalue weighted by molar-refractivity contribution is 8.00. The predicted molar refractivity (Wildman–Crippen MR) is 68.7 cm³/mol. The van der Waals surface area contributed by atoms with Crippen LogP contribution in [0.4, 0.5) is 0 Å². The van der Waals surface area contributed by atoms with Crippen LogP contribution in [0.5, 0.6) is 0 Å². The van der Waals surface area contributed by atoms with E-state index in [9.17, 15) is 4.79 Å². The molecule has 0 aromatic rings. The van der Waals surface area contributed by atoms with Crippen LogP contribution < -0.4 is 10.6 Å². The molecule has 2 rings (SSSR count). The van der Waals surface area contributed by atoms with Crippen molar-refractivity contribution in [3.05, 3.63) is 0 Å². The summed E-state index contributed by atoms with van der Waals surface area (Å²) in [4.78, 5) is 12.1. The van der Waals surface area contributed by atoms with Crippen LogP contribution in [0.2, 0.25) is 0 Å². The minimum absolute atomic E-state index is 0.179. The van der Waals surface area contributed by atoms with E-state index < -0.39 is 0 Å². The predicted octanol–water partition coefficient (Wildman–Crippen LogP) is 1.53. The van der Waals surface area contributed by atoms with Gasteiger partial charge in [-0.2, -0.15) is 11.8 Å². The lowest BCUT2D eigenvalue weighted by molar-refractivity contribution is -0.126. The molecule has 2 fully saturated rings. The average molecular weight is 242 g/mol. The summed E-state index contributed by atoms with van der Waals surface area (Å²) in [6.07, 6.45) is 4.58. The first-order valence-corrected chi connectivity index (χ1v) is 7.20. The third-order valence-electron chi connectivity index (χ3n) is 3.79. The lowest BCUT2D eigenvalue weighted by Crippen LogP contribution is -2.53. The largest absolute Gasteiger partial charge is 0.353 e. The fourth-order valence-electron chi connectivity index (χ4n) is 2.53. The smallest absolute Gasteiger partial charge is 0.240 e. The maximum absolute atomic E-state index is 12.1. The van der Waals surface area contributed by atoms with Crippen LogP contribution in [0.3, 0.4) is 0 Å². The Morgan fingerprint density at radius 3 is 2.75 bits per heavy atom. The number of thioether (sulfide) groups is 1. The third kappa shape index (κ3) is 2.54. The van der Waals surface area contributed by atoms with Crippen LogP contribution in [0.15, 0.2) is 0 Å². The van der Waals surface area contributed by atoms with E-state index in [2.05, 4.69) is 17.6 Å². The standard InChI is InChI=1S/C12H22N2OS/c1-11(5-4-8-16-11)9-13-10(15)12(2)6-3-7-14-12/h14H,3-9H2,1-2H3,(H,13,15). The number of carbonyl (C=O) groups is 1. The van der Waals surface area contributed by atoms with Gasteiger partial charge < -0.3 is 10.6 Å². The molecule has 0 spiro atoms. The van der Waals surface area contributed by atoms with Crippen LogP contribution in [0.25, 0.3) is 0 Å². The molecule has 2 saturated heterocycles. The van der Waals surface area contributed by atoms with Gasteiger partial charge in [-0.15, -0.1) is 0 Å². The van der Waals surface area contributed by atoms with E-state index in [1.54, 1.807) is 0 Å². The van der Waals surface area contributed by atoms with Gasteiger partial charge in [-0.3, -0.25) is 4.79 Å². The van der Waals surface area contributed by atoms with E-state index in [1.807, 2.05) is 18.7 Å². The van der Waals surface area contributed by atoms with E-state index in [0.717, 1.165) is 25.9 Å². The van der Waals surface area contributed by atoms with Gasteiger partial charge in [0.2, 0.25) is 5.91 Å². The first kappa shape index (κ1) is 12.2. The van der Waals surface area contributed by atoms with Gasteiger partial charge in [-0.05, 0) is 51.8 Å². The molecule has 0 radical (unpaired) electrons. The molecule has 2 aliphatic rings. The van der Waals surface area contributed by atoms with Crippen molar-refractivity contribution < 1.29 is 4.79 Å². The SMILES string of the molecule is CC1(CNC(=O)C2(C)CCCN2)CCCS1. The summed E-state index contributed by atoms with van der Waals surface area (Å²) in [5, 5.41) is 6.43. The summed E-state index contributed by atoms with van der Waals surface area (Å²) in [5.74, 6) is 1.42. The van der Waals surface area contributed by atoms with Crippen molar-refractivity contribution in [3.8, 4) is 0 Å². The van der Waals surface area contributed by atoms with Gasteiger partial charge in [0, 0.05) is 11.3 Å². The first-order valence-electron chi connectivity index (χ1n) is 6.21. The summed E-state index contributed by atoms with van der Waals surface area (Å²) in [6, 6.07) is 0. The zero-order valence-corrected chi connectivity index (χ0v) is 11.1. The Labute approximate surface area is 102 Å². The number of rotatable bonds is 3. The fourth-order valence-corrected chi connectivity index (χ4v) is 3.77. The normalized spacial score (nSPS) is 38.9. The fraction of sp³-hybridized carbons (Fsp3) is 0.917. The van der Waals surface area contributed by atoms with E-state index in [1.165, 1.54) is 18.6 Å². The van der Waals surface area contributed by atoms with Crippen molar-refractivity contribution in [1.82, 2.24) is 10.6 Å². The second-order valence-corrected chi connectivity index (χ2v) is 7.13. The van der Waals surface area contributed by atoms with Crippen LogP contribution in [-0.2, 0) is 4.79 Å². The van der Waals surface area contributed by atoms with Gasteiger partial charge in [0.25, 0.3) is 0 Å². The molecule has 0 aliphatic carbocycles. The molecule has 2 aliphatic heterocycles. The molecule has 2 N–H and O–H groups in total. The number of hydrogen-bond acceptors (Lipinski definition) is 3. The average Bonchev–Trinajstić information content (AvgIpc) is 2.86. The van der Waals surface area contributed by atoms with Crippen molar-refractivity contribution in [2.24, 2.45) is 0 Å². The number of hydrogen-bond donors (Lipinski definition) is 2. The minimum Gasteiger partial charge on any atom is -0.353 e. The van der Waals surface area contributed by atoms with E-state index >= 15 is 0 Å². The summed E-state index contributed by atoms with van der Waals surface area (Å²) >= 11 is 1.99. The van der Waals surface area contributed by atoms with Crippen LogP contribution in [-0.4, -0.2) is 35.0 Å². The molecule has 2 atom stereocenters. The van der Waals surface area contributed by atoms with Crippen LogP contribution >= 0.6 is 11.8 Å². The zero-order valence-electron chi connectivity index (χ0n) is 10.3. The van der Waals surface area contributed by atoms with Crippen molar-refractivity contribution in [2.45, 2.75) is 49.8 Å². The Balaban J connectivity index is 1.83. The molecule has 0 aromatic carbocycles. The van der Waals surface area contributed by atoms with Gasteiger partial charge in [0.05, 0.1) is 5.54 Å². The highest BCUT2D eigenvalue weighted by Crippen LogP contribution is 2.37. The molecule has 92 valence electrons. The monoisotopic (exact) mass is 242 g/mol. The molecular formula is C12H22N2OS. The lowest BCUT2D eigenvalue weighted by atomic mass is 9.98. The van der Waals surface area contributed by atoms with E-state index in [0.29, 0.717) is 0 Å². The molecule has 3 nitrogen and oxygen atoms in total. The molecule has 2 heterocycles. The van der Waals surface area contributed by atoms with Crippen molar-refractivity contribution >= 4 is 17.7 Å². The quantitative estimate of drug-likeness (QED) is 0.788. The van der Waals surface area contributed by atoms with Crippen LogP contribution in [0.1, 0.15) is 39.5 Å². The highest BCUT2D eigenvalue weighted by atomic mass is 32.2. The van der Waals surface area contributed by atoms with E-state index in [4.69, 9.17) is 0 Å². The Kier molecular flexibility index (Phi) is 3.50. The Hall–Kier alpha value is -0.220. The van der Waals surface area contributed by atoms with Gasteiger partial charge in [0.15, 0.2) is 0 Å². The molecule has 0 saturated carbocycles. The molecule has 2 unspecified atom stereocenters. The maximum Gasteiger partial charge on any atom is 0.240 e. The number of carbonyl (C=O) groups excluding carboxylic acids is 1. The van der Waals surface area contributed by atoms with Gasteiger partial charge in [-0.25, -0.2) is 0 Å². The lowest BCUT2D eigenvalue weighted by Gasteiger charge is -2.28. The van der Waals surface area contributed by atoms with Crippen molar-refractivity contribution in [1.29, 1.82) is 0 Å². The second-order valence-electron chi connectivity index (χ2n) is 5.45. The van der Waals surface area contributed by atoms with Gasteiger partial charge in [0.1, 0.15) is 0 Å². The summed E-state index contributed by atoms with van der Waals surface area (Å²) in [7, 11) is 0. The second kappa shape index (κ2) is 4.57. The maximum atomic E-state index is 12.1. The van der Waals surface area contributed by atoms with Crippen molar-refractivity contribution in [3.63, 3.8) is 0 Å². The Morgan fingerprint density at radius 2 is 2.19 bits per heavy atom. The molecule has 1 amide bonds. The molecule has 4 heteroatoms. The first-order chi connectivity index (χ1) is 7.54. The Bertz CT molecular complexity index is 268. The molecule has 0 aromatic heterocycles. The summed E-state index contributed by atoms with van der Waals surface area (Å²) < 4.78 is 0.268. The highest BCUT2D eigenvalue weighted by Gasteiger charge is 2.37. The minimum atomic E-state index is -0.320. The topological polar surface area (TPSA) is 41.1 Å². The van der Waals surface area contributed by atoms with Crippen LogP contribution in [0, 0.1) is 0 Å². The summed E-state index contributed by atoms with van der Waals surface area (Å²) in [6.45, 7) is 6.05. The third-order valence-corrected chi connectivity index (χ3v) is 5.33. The Morgan fingerprint density at radius 1 is 1.38 bits per heavy atom. The van der Waals surface area contributed by atoms with Gasteiger partial charge >= 0.3 is 0 Å². The molecule has 16 heavy (non-hydrogen) atoms. The zero-order chi connectivity index (χ0) is 11.6. The number of amides is 1. The summed E-state index contributed by atoms with van der Waals surface area (Å²) in [5.41, 5.74) is -0.320. The number of nitrogens with one attached hydrogen (secondary N) is 2.